The maximum Gasteiger partial charge on any atom is 0.325 e. The van der Waals surface area contributed by atoms with Crippen molar-refractivity contribution in [2.75, 3.05) is 0 Å². The molecule has 1 radical (unpaired) electrons. The standard InChI is InChI=1S/C56H51N4.C11H20O2.Ir/c1-53(2,3)36-24-19-33(20-25-36)50-58-51(34-21-26-37(27-22-34)54(4,5)6)60-52(59-50)44-32-57-49(41-17-12-11-15-38(41)44)35-23-28-40-43-31-47-42(30-48(43)56(9,10)46(40)29-35)39-16-13-14-18-45(39)55(47,7)8;1-10(2,3)8(12)7-9(13)11(4,5)6;/h11-22,24-32H,1-10H3;7,12H,1-6H3;/q-1;;/p+1/b;8-7-;. The second-order valence-corrected chi connectivity index (χ2v) is 25.4. The van der Waals surface area contributed by atoms with Crippen molar-refractivity contribution in [3.8, 4) is 67.7 Å². The van der Waals surface area contributed by atoms with Crippen LogP contribution in [0.5, 0.6) is 0 Å². The maximum absolute atomic E-state index is 9.60. The van der Waals surface area contributed by atoms with E-state index >= 15 is 0 Å². The van der Waals surface area contributed by atoms with E-state index in [1.807, 2.05) is 47.7 Å². The van der Waals surface area contributed by atoms with Crippen molar-refractivity contribution in [3.63, 3.8) is 0 Å². The third kappa shape index (κ3) is 9.98. The fourth-order valence-corrected chi connectivity index (χ4v) is 10.1. The van der Waals surface area contributed by atoms with E-state index in [4.69, 9.17) is 19.9 Å². The van der Waals surface area contributed by atoms with Gasteiger partial charge in [-0.05, 0) is 92.4 Å². The van der Waals surface area contributed by atoms with Crippen LogP contribution in [-0.4, -0.2) is 35.6 Å². The number of rotatable bonds is 5. The largest absolute Gasteiger partial charge is 0.511 e. The summed E-state index contributed by atoms with van der Waals surface area (Å²) in [6.45, 7) is 34.2. The Morgan fingerprint density at radius 3 is 1.49 bits per heavy atom. The van der Waals surface area contributed by atoms with E-state index in [0.29, 0.717) is 17.5 Å². The van der Waals surface area contributed by atoms with Gasteiger partial charge in [0.05, 0.1) is 11.5 Å². The molecule has 2 heterocycles. The van der Waals surface area contributed by atoms with Crippen molar-refractivity contribution >= 4 is 16.6 Å². The Kier molecular flexibility index (Phi) is 13.9. The van der Waals surface area contributed by atoms with Crippen molar-refractivity contribution in [2.24, 2.45) is 10.8 Å². The molecule has 0 saturated carbocycles. The molecule has 0 atom stereocenters. The number of aliphatic hydroxyl groups is 1. The number of pyridine rings is 1. The van der Waals surface area contributed by atoms with Crippen molar-refractivity contribution in [3.05, 3.63) is 179 Å². The summed E-state index contributed by atoms with van der Waals surface area (Å²) in [5.74, 6) is 2.28. The first-order valence-corrected chi connectivity index (χ1v) is 25.7. The Bertz CT molecular complexity index is 3420. The molecule has 74 heavy (non-hydrogen) atoms. The molecule has 2 N–H and O–H groups in total. The molecule has 6 nitrogen and oxygen atoms in total. The number of hydrogen-bond acceptors (Lipinski definition) is 5. The second kappa shape index (κ2) is 19.1. The summed E-state index contributed by atoms with van der Waals surface area (Å²) in [7, 11) is 0. The number of hydrogen-bond donors (Lipinski definition) is 1. The van der Waals surface area contributed by atoms with Gasteiger partial charge in [-0.2, -0.15) is 0 Å². The van der Waals surface area contributed by atoms with E-state index in [-0.39, 0.29) is 64.1 Å². The summed E-state index contributed by atoms with van der Waals surface area (Å²) in [5.41, 5.74) is 17.1. The summed E-state index contributed by atoms with van der Waals surface area (Å²) in [6, 6.07) is 47.8. The van der Waals surface area contributed by atoms with Crippen LogP contribution in [0.1, 0.15) is 144 Å². The zero-order valence-electron chi connectivity index (χ0n) is 46.2. The molecule has 7 heteroatoms. The van der Waals surface area contributed by atoms with Crippen LogP contribution in [0, 0.1) is 16.9 Å². The van der Waals surface area contributed by atoms with Crippen LogP contribution in [0.2, 0.25) is 0 Å². The maximum atomic E-state index is 9.60. The normalized spacial score (nSPS) is 14.5. The fraction of sp³-hybridized carbons (Fsp3) is 0.328. The number of fused-ring (bicyclic) bond motifs is 7. The molecule has 2 aromatic heterocycles. The van der Waals surface area contributed by atoms with E-state index in [9.17, 15) is 9.90 Å². The van der Waals surface area contributed by atoms with Gasteiger partial charge in [0.15, 0.2) is 17.5 Å². The first-order valence-electron chi connectivity index (χ1n) is 25.7. The summed E-state index contributed by atoms with van der Waals surface area (Å²) >= 11 is 0. The molecule has 6 aromatic carbocycles. The summed E-state index contributed by atoms with van der Waals surface area (Å²) in [4.78, 5) is 30.2. The molecular formula is C67H72IrN4O2. The van der Waals surface area contributed by atoms with Crippen molar-refractivity contribution in [1.29, 1.82) is 0 Å². The molecule has 8 aromatic rings. The monoisotopic (exact) mass is 1160 g/mol. The van der Waals surface area contributed by atoms with Gasteiger partial charge in [0.1, 0.15) is 5.76 Å². The minimum Gasteiger partial charge on any atom is -0.511 e. The van der Waals surface area contributed by atoms with Crippen LogP contribution in [0.4, 0.5) is 0 Å². The SMILES string of the molecule is CC(C)(C)C(=[OH+])/C=C(\O)C(C)(C)C.CC(C)(C)c1ccc(-c2nc(-c3ccc(C(C)(C)C)cc3)nc(-c3cnc(-c4[c-]cc5c(c4)C(C)(C)c4cc6c(cc4-5)C(C)(C)c4ccccc4-6)c4ccccc34)n2)cc1.[Ir]. The van der Waals surface area contributed by atoms with E-state index in [1.165, 1.54) is 61.7 Å². The quantitative estimate of drug-likeness (QED) is 0.0802. The van der Waals surface area contributed by atoms with Crippen LogP contribution in [-0.2, 0) is 41.8 Å². The fourth-order valence-electron chi connectivity index (χ4n) is 10.1. The van der Waals surface area contributed by atoms with Gasteiger partial charge in [0.25, 0.3) is 0 Å². The third-order valence-electron chi connectivity index (χ3n) is 15.1. The molecule has 0 fully saturated rings. The predicted octanol–water partition coefficient (Wildman–Crippen LogP) is 17.2. The molecule has 381 valence electrons. The van der Waals surface area contributed by atoms with Crippen molar-refractivity contribution < 1.29 is 30.0 Å². The Balaban J connectivity index is 0.000000461. The summed E-state index contributed by atoms with van der Waals surface area (Å²) < 4.78 is 0. The van der Waals surface area contributed by atoms with E-state index in [2.05, 4.69) is 197 Å². The number of nitrogens with zero attached hydrogens (tertiary/aromatic N) is 4. The second-order valence-electron chi connectivity index (χ2n) is 25.4. The molecule has 10 rings (SSSR count). The van der Waals surface area contributed by atoms with Gasteiger partial charge in [0, 0.05) is 53.8 Å². The van der Waals surface area contributed by atoms with Gasteiger partial charge < -0.3 is 10.1 Å². The number of aliphatic hydroxyl groups excluding tert-OH is 1. The molecule has 2 aliphatic rings. The molecule has 0 bridgehead atoms. The van der Waals surface area contributed by atoms with Gasteiger partial charge in [-0.1, -0.05) is 210 Å². The van der Waals surface area contributed by atoms with E-state index in [1.54, 1.807) is 0 Å². The average molecular weight is 1160 g/mol. The average Bonchev–Trinajstić information content (AvgIpc) is 3.70. The topological polar surface area (TPSA) is 93.2 Å². The number of aromatic nitrogens is 4. The Morgan fingerprint density at radius 2 is 0.973 bits per heavy atom. The van der Waals surface area contributed by atoms with E-state index < -0.39 is 0 Å². The first kappa shape index (κ1) is 53.9. The van der Waals surface area contributed by atoms with Gasteiger partial charge in [-0.15, -0.1) is 29.3 Å². The minimum atomic E-state index is -0.306. The number of allylic oxidation sites excluding steroid dienone is 2. The molecule has 0 unspecified atom stereocenters. The number of benzene rings is 6. The van der Waals surface area contributed by atoms with Gasteiger partial charge >= 0.3 is 5.78 Å². The summed E-state index contributed by atoms with van der Waals surface area (Å²) in [5, 5.41) is 11.7. The van der Waals surface area contributed by atoms with Gasteiger partial charge in [-0.3, -0.25) is 4.79 Å². The molecule has 0 saturated heterocycles. The third-order valence-corrected chi connectivity index (χ3v) is 15.1. The number of ketones is 1. The van der Waals surface area contributed by atoms with Crippen LogP contribution in [0.25, 0.3) is 78.4 Å². The predicted molar refractivity (Wildman–Crippen MR) is 305 cm³/mol. The zero-order chi connectivity index (χ0) is 52.8. The van der Waals surface area contributed by atoms with Crippen molar-refractivity contribution in [1.82, 2.24) is 19.9 Å². The number of carbonyl (C=O) groups excluding carboxylic acids is 1. The van der Waals surface area contributed by atoms with Crippen LogP contribution in [0.15, 0.2) is 139 Å². The Morgan fingerprint density at radius 1 is 0.514 bits per heavy atom. The minimum absolute atomic E-state index is 0. The molecule has 0 amide bonds. The van der Waals surface area contributed by atoms with Crippen LogP contribution >= 0.6 is 0 Å². The van der Waals surface area contributed by atoms with Crippen LogP contribution < -0.4 is 0 Å². The Labute approximate surface area is 453 Å². The van der Waals surface area contributed by atoms with Crippen molar-refractivity contribution in [2.45, 2.75) is 132 Å². The molecule has 2 aliphatic carbocycles. The zero-order valence-corrected chi connectivity index (χ0v) is 48.6. The first-order chi connectivity index (χ1) is 34.0. The smallest absolute Gasteiger partial charge is 0.325 e. The Hall–Kier alpha value is -6.40. The van der Waals surface area contributed by atoms with E-state index in [0.717, 1.165) is 38.7 Å². The van der Waals surface area contributed by atoms with Gasteiger partial charge in [-0.25, -0.2) is 15.0 Å². The molecular weight excluding hydrogens is 1080 g/mol. The molecule has 0 aliphatic heterocycles. The van der Waals surface area contributed by atoms with Crippen LogP contribution in [0.3, 0.4) is 0 Å². The summed E-state index contributed by atoms with van der Waals surface area (Å²) in [6.07, 6.45) is 3.39. The molecule has 0 spiro atoms. The van der Waals surface area contributed by atoms with Gasteiger partial charge in [0.2, 0.25) is 0 Å².